The second-order valence-corrected chi connectivity index (χ2v) is 8.40. The number of aromatic nitrogens is 1. The standard InChI is InChI=1S/C21H20ClN3O5S/c1-9(2)29-21(28)17-10(3)14(18(23)26)20(31-17)24-19(27)15-11(4)30-25-16(15)12-7-5-6-8-13(12)22/h5-9H,1-4H3,(H2,23,26)(H,24,27). The highest BCUT2D eigenvalue weighted by Gasteiger charge is 2.28. The minimum absolute atomic E-state index is 0.0439. The predicted molar refractivity (Wildman–Crippen MR) is 118 cm³/mol. The lowest BCUT2D eigenvalue weighted by molar-refractivity contribution is 0.0383. The van der Waals surface area contributed by atoms with Gasteiger partial charge in [0.15, 0.2) is 0 Å². The normalized spacial score (nSPS) is 10.9. The van der Waals surface area contributed by atoms with Gasteiger partial charge in [-0.1, -0.05) is 35.0 Å². The molecule has 2 aromatic heterocycles. The summed E-state index contributed by atoms with van der Waals surface area (Å²) in [6, 6.07) is 6.89. The fourth-order valence-corrected chi connectivity index (χ4v) is 4.32. The van der Waals surface area contributed by atoms with Crippen molar-refractivity contribution in [2.24, 2.45) is 5.73 Å². The summed E-state index contributed by atoms with van der Waals surface area (Å²) in [5.74, 6) is -1.69. The number of amides is 2. The molecule has 0 atom stereocenters. The Bertz CT molecular complexity index is 1180. The van der Waals surface area contributed by atoms with Crippen molar-refractivity contribution in [2.45, 2.75) is 33.8 Å². The van der Waals surface area contributed by atoms with Crippen LogP contribution in [0.2, 0.25) is 5.02 Å². The van der Waals surface area contributed by atoms with Gasteiger partial charge in [-0.15, -0.1) is 11.3 Å². The number of carbonyl (C=O) groups is 3. The Morgan fingerprint density at radius 3 is 2.48 bits per heavy atom. The number of benzene rings is 1. The molecule has 3 N–H and O–H groups in total. The van der Waals surface area contributed by atoms with E-state index in [1.807, 2.05) is 0 Å². The number of hydrogen-bond acceptors (Lipinski definition) is 7. The first-order chi connectivity index (χ1) is 14.6. The van der Waals surface area contributed by atoms with Gasteiger partial charge in [0.2, 0.25) is 0 Å². The van der Waals surface area contributed by atoms with Crippen molar-refractivity contribution in [1.29, 1.82) is 0 Å². The number of esters is 1. The van der Waals surface area contributed by atoms with Gasteiger partial charge in [0.25, 0.3) is 11.8 Å². The van der Waals surface area contributed by atoms with Crippen LogP contribution in [0.3, 0.4) is 0 Å². The number of hydrogen-bond donors (Lipinski definition) is 2. The molecule has 0 aliphatic carbocycles. The highest BCUT2D eigenvalue weighted by molar-refractivity contribution is 7.18. The van der Waals surface area contributed by atoms with E-state index in [1.165, 1.54) is 0 Å². The van der Waals surface area contributed by atoms with E-state index in [1.54, 1.807) is 52.0 Å². The van der Waals surface area contributed by atoms with Gasteiger partial charge >= 0.3 is 5.97 Å². The first-order valence-electron chi connectivity index (χ1n) is 9.28. The molecule has 3 aromatic rings. The maximum Gasteiger partial charge on any atom is 0.348 e. The summed E-state index contributed by atoms with van der Waals surface area (Å²) in [5.41, 5.74) is 6.83. The Kier molecular flexibility index (Phi) is 6.47. The molecular weight excluding hydrogens is 442 g/mol. The van der Waals surface area contributed by atoms with Crippen molar-refractivity contribution in [3.8, 4) is 11.3 Å². The predicted octanol–water partition coefficient (Wildman–Crippen LogP) is 4.59. The Morgan fingerprint density at radius 2 is 1.87 bits per heavy atom. The first kappa shape index (κ1) is 22.5. The van der Waals surface area contributed by atoms with Crippen LogP contribution in [-0.2, 0) is 4.74 Å². The van der Waals surface area contributed by atoms with Crippen molar-refractivity contribution in [3.63, 3.8) is 0 Å². The zero-order valence-electron chi connectivity index (χ0n) is 17.2. The lowest BCUT2D eigenvalue weighted by Gasteiger charge is -2.06. The van der Waals surface area contributed by atoms with Crippen LogP contribution in [0, 0.1) is 13.8 Å². The highest BCUT2D eigenvalue weighted by Crippen LogP contribution is 2.36. The number of thiophene rings is 1. The van der Waals surface area contributed by atoms with Crippen LogP contribution in [0.25, 0.3) is 11.3 Å². The summed E-state index contributed by atoms with van der Waals surface area (Å²) in [6.07, 6.45) is -0.345. The van der Waals surface area contributed by atoms with E-state index in [4.69, 9.17) is 26.6 Å². The summed E-state index contributed by atoms with van der Waals surface area (Å²) in [5, 5.41) is 7.16. The van der Waals surface area contributed by atoms with Gasteiger partial charge in [0.1, 0.15) is 26.9 Å². The van der Waals surface area contributed by atoms with Crippen molar-refractivity contribution in [1.82, 2.24) is 5.16 Å². The molecule has 0 spiro atoms. The molecule has 0 saturated carbocycles. The molecule has 2 heterocycles. The monoisotopic (exact) mass is 461 g/mol. The zero-order chi connectivity index (χ0) is 22.9. The molecule has 8 nitrogen and oxygen atoms in total. The summed E-state index contributed by atoms with van der Waals surface area (Å²) >= 11 is 7.16. The third-order valence-corrected chi connectivity index (χ3v) is 5.88. The van der Waals surface area contributed by atoms with Crippen LogP contribution < -0.4 is 11.1 Å². The fourth-order valence-electron chi connectivity index (χ4n) is 3.00. The molecule has 0 aliphatic rings. The lowest BCUT2D eigenvalue weighted by atomic mass is 10.1. The minimum Gasteiger partial charge on any atom is -0.459 e. The number of nitrogens with two attached hydrogens (primary N) is 1. The first-order valence-corrected chi connectivity index (χ1v) is 10.5. The maximum absolute atomic E-state index is 13.1. The SMILES string of the molecule is Cc1onc(-c2ccccc2Cl)c1C(=O)Nc1sc(C(=O)OC(C)C)c(C)c1C(N)=O. The molecule has 0 aliphatic heterocycles. The van der Waals surface area contributed by atoms with E-state index in [-0.39, 0.29) is 38.6 Å². The average molecular weight is 462 g/mol. The van der Waals surface area contributed by atoms with Crippen LogP contribution in [0.5, 0.6) is 0 Å². The average Bonchev–Trinajstić information content (AvgIpc) is 3.21. The number of halogens is 1. The summed E-state index contributed by atoms with van der Waals surface area (Å²) < 4.78 is 10.4. The zero-order valence-corrected chi connectivity index (χ0v) is 18.8. The molecule has 10 heteroatoms. The van der Waals surface area contributed by atoms with E-state index in [2.05, 4.69) is 10.5 Å². The van der Waals surface area contributed by atoms with Gasteiger partial charge in [-0.2, -0.15) is 0 Å². The smallest absolute Gasteiger partial charge is 0.348 e. The van der Waals surface area contributed by atoms with Crippen LogP contribution in [-0.4, -0.2) is 29.0 Å². The van der Waals surface area contributed by atoms with Gasteiger partial charge in [-0.25, -0.2) is 4.79 Å². The van der Waals surface area contributed by atoms with Crippen molar-refractivity contribution in [2.75, 3.05) is 5.32 Å². The van der Waals surface area contributed by atoms with E-state index in [0.29, 0.717) is 16.1 Å². The topological polar surface area (TPSA) is 125 Å². The molecule has 0 radical (unpaired) electrons. The quantitative estimate of drug-likeness (QED) is 0.517. The van der Waals surface area contributed by atoms with Gasteiger partial charge in [0.05, 0.1) is 16.7 Å². The lowest BCUT2D eigenvalue weighted by Crippen LogP contribution is -2.18. The van der Waals surface area contributed by atoms with Gasteiger partial charge in [0, 0.05) is 5.56 Å². The van der Waals surface area contributed by atoms with E-state index < -0.39 is 17.8 Å². The molecule has 1 aromatic carbocycles. The fraction of sp³-hybridized carbons (Fsp3) is 0.238. The van der Waals surface area contributed by atoms with Gasteiger partial charge < -0.3 is 20.3 Å². The van der Waals surface area contributed by atoms with Crippen LogP contribution >= 0.6 is 22.9 Å². The van der Waals surface area contributed by atoms with Crippen LogP contribution in [0.1, 0.15) is 55.6 Å². The van der Waals surface area contributed by atoms with Crippen LogP contribution in [0.4, 0.5) is 5.00 Å². The molecule has 31 heavy (non-hydrogen) atoms. The summed E-state index contributed by atoms with van der Waals surface area (Å²) in [4.78, 5) is 37.8. The van der Waals surface area contributed by atoms with Gasteiger partial charge in [-0.05, 0) is 39.3 Å². The second kappa shape index (κ2) is 8.91. The largest absolute Gasteiger partial charge is 0.459 e. The third kappa shape index (κ3) is 4.47. The van der Waals surface area contributed by atoms with E-state index in [0.717, 1.165) is 11.3 Å². The number of rotatable bonds is 6. The Hall–Kier alpha value is -3.17. The number of nitrogens with zero attached hydrogens (tertiary/aromatic N) is 1. The van der Waals surface area contributed by atoms with E-state index in [9.17, 15) is 14.4 Å². The Balaban J connectivity index is 2.02. The summed E-state index contributed by atoms with van der Waals surface area (Å²) in [6.45, 7) is 6.58. The van der Waals surface area contributed by atoms with Crippen molar-refractivity contribution < 1.29 is 23.6 Å². The van der Waals surface area contributed by atoms with Gasteiger partial charge in [-0.3, -0.25) is 9.59 Å². The maximum atomic E-state index is 13.1. The molecule has 0 fully saturated rings. The minimum atomic E-state index is -0.777. The number of aryl methyl sites for hydroxylation is 1. The molecule has 162 valence electrons. The van der Waals surface area contributed by atoms with Crippen molar-refractivity contribution in [3.05, 3.63) is 56.6 Å². The molecular formula is C21H20ClN3O5S. The Labute approximate surface area is 187 Å². The number of anilines is 1. The molecule has 0 saturated heterocycles. The molecule has 2 amide bonds. The van der Waals surface area contributed by atoms with Crippen LogP contribution in [0.15, 0.2) is 28.8 Å². The van der Waals surface area contributed by atoms with E-state index >= 15 is 0 Å². The summed E-state index contributed by atoms with van der Waals surface area (Å²) in [7, 11) is 0. The highest BCUT2D eigenvalue weighted by atomic mass is 35.5. The Morgan fingerprint density at radius 1 is 1.19 bits per heavy atom. The molecule has 0 unspecified atom stereocenters. The number of ether oxygens (including phenoxy) is 1. The molecule has 0 bridgehead atoms. The second-order valence-electron chi connectivity index (χ2n) is 6.97. The number of nitrogens with one attached hydrogen (secondary N) is 1. The number of carbonyl (C=O) groups excluding carboxylic acids is 3. The number of primary amides is 1. The van der Waals surface area contributed by atoms with Crippen molar-refractivity contribution >= 4 is 45.7 Å². The molecule has 3 rings (SSSR count). The third-order valence-electron chi connectivity index (χ3n) is 4.37.